The maximum Gasteiger partial charge on any atom is 0.257 e. The lowest BCUT2D eigenvalue weighted by atomic mass is 10.2. The maximum absolute atomic E-state index is 10.8. The average Bonchev–Trinajstić information content (AvgIpc) is 2.52. The summed E-state index contributed by atoms with van der Waals surface area (Å²) < 4.78 is 0. The van der Waals surface area contributed by atoms with Crippen LogP contribution in [0.1, 0.15) is 20.8 Å². The molecule has 126 valence electrons. The van der Waals surface area contributed by atoms with Gasteiger partial charge in [0.1, 0.15) is 4.99 Å². The van der Waals surface area contributed by atoms with Crippen molar-refractivity contribution < 1.29 is 9.69 Å². The molecule has 23 heavy (non-hydrogen) atoms. The van der Waals surface area contributed by atoms with Gasteiger partial charge in [-0.1, -0.05) is 23.8 Å². The number of nitrogens with zero attached hydrogens (tertiary/aromatic N) is 1. The summed E-state index contributed by atoms with van der Waals surface area (Å²) in [5.74, 6) is 0.792. The lowest BCUT2D eigenvalue weighted by Crippen LogP contribution is -3.11. The minimum absolute atomic E-state index is 0.00248. The summed E-state index contributed by atoms with van der Waals surface area (Å²) in [6, 6.07) is 6.65. The number of hydrogen-bond acceptors (Lipinski definition) is 2. The molecule has 0 bridgehead atoms. The van der Waals surface area contributed by atoms with Gasteiger partial charge in [0.25, 0.3) is 5.91 Å². The van der Waals surface area contributed by atoms with Gasteiger partial charge >= 0.3 is 0 Å². The molecule has 0 atom stereocenters. The first-order valence-electron chi connectivity index (χ1n) is 7.36. The minimum atomic E-state index is -0.853. The fourth-order valence-electron chi connectivity index (χ4n) is 1.69. The van der Waals surface area contributed by atoms with E-state index in [1.54, 1.807) is 35.0 Å². The van der Waals surface area contributed by atoms with Gasteiger partial charge in [0.15, 0.2) is 0 Å². The van der Waals surface area contributed by atoms with Crippen molar-refractivity contribution in [3.63, 3.8) is 0 Å². The molecule has 0 saturated heterocycles. The van der Waals surface area contributed by atoms with Gasteiger partial charge in [-0.15, -0.1) is 0 Å². The molecule has 1 aromatic carbocycles. The number of carbonyl (C=O) groups is 1. The number of halogens is 1. The van der Waals surface area contributed by atoms with Crippen LogP contribution in [0.4, 0.5) is 5.69 Å². The first-order valence-corrected chi connectivity index (χ1v) is 8.15. The van der Waals surface area contributed by atoms with E-state index in [1.807, 2.05) is 0 Å². The smallest absolute Gasteiger partial charge is 0.257 e. The molecule has 0 aliphatic rings. The standard InChI is InChI=1S/C10H7ClN3OS.C6H15N/c11-6-1-3-7(4-2-6)14-10(16)8(5-12)9(13)15;1-4-7(5-2)6-3/h1-4H,(H2,13,15)(H,14,16);4-6H2,1-3H3/q-1;/p+1. The van der Waals surface area contributed by atoms with Crippen molar-refractivity contribution in [2.45, 2.75) is 20.8 Å². The molecule has 0 aliphatic carbocycles. The predicted molar refractivity (Wildman–Crippen MR) is 101 cm³/mol. The second kappa shape index (κ2) is 11.8. The van der Waals surface area contributed by atoms with Crippen molar-refractivity contribution in [3.8, 4) is 0 Å². The molecule has 1 aromatic rings. The Bertz CT molecular complexity index is 558. The van der Waals surface area contributed by atoms with Gasteiger partial charge < -0.3 is 21.4 Å². The fourth-order valence-corrected chi connectivity index (χ4v) is 2.08. The van der Waals surface area contributed by atoms with Gasteiger partial charge in [-0.3, -0.25) is 10.7 Å². The molecule has 1 amide bonds. The number of amides is 1. The van der Waals surface area contributed by atoms with Crippen LogP contribution in [0.5, 0.6) is 0 Å². The van der Waals surface area contributed by atoms with Gasteiger partial charge in [-0.2, -0.15) is 0 Å². The summed E-state index contributed by atoms with van der Waals surface area (Å²) >= 11 is 10.6. The van der Waals surface area contributed by atoms with Crippen LogP contribution in [-0.2, 0) is 4.79 Å². The fraction of sp³-hybridized carbons (Fsp3) is 0.375. The summed E-state index contributed by atoms with van der Waals surface area (Å²) in [7, 11) is 0. The maximum atomic E-state index is 10.8. The molecule has 0 fully saturated rings. The SMILES string of the molecule is CC[NH+](CC)CC.[N-]=C=C(C(N)=O)C(=S)Nc1ccc(Cl)cc1. The topological polar surface area (TPSA) is 81.9 Å². The van der Waals surface area contributed by atoms with E-state index < -0.39 is 5.91 Å². The summed E-state index contributed by atoms with van der Waals surface area (Å²) in [6.45, 7) is 10.5. The lowest BCUT2D eigenvalue weighted by Gasteiger charge is -2.10. The number of nitrogens with one attached hydrogen (secondary N) is 2. The van der Waals surface area contributed by atoms with E-state index in [-0.39, 0.29) is 10.6 Å². The molecule has 0 aliphatic heterocycles. The van der Waals surface area contributed by atoms with Crippen LogP contribution < -0.4 is 16.0 Å². The summed E-state index contributed by atoms with van der Waals surface area (Å²) in [5.41, 5.74) is 5.33. The molecule has 7 heteroatoms. The number of primary amides is 1. The second-order valence-electron chi connectivity index (χ2n) is 4.62. The Balaban J connectivity index is 0.000000585. The van der Waals surface area contributed by atoms with E-state index in [0.29, 0.717) is 10.7 Å². The van der Waals surface area contributed by atoms with Crippen LogP contribution in [-0.4, -0.2) is 36.4 Å². The molecule has 0 unspecified atom stereocenters. The summed E-state index contributed by atoms with van der Waals surface area (Å²) in [5, 5.41) is 11.9. The summed E-state index contributed by atoms with van der Waals surface area (Å²) in [6.07, 6.45) is 0. The Labute approximate surface area is 148 Å². The van der Waals surface area contributed by atoms with Gasteiger partial charge in [-0.25, -0.2) is 0 Å². The van der Waals surface area contributed by atoms with Crippen LogP contribution in [0.25, 0.3) is 5.41 Å². The Morgan fingerprint density at radius 3 is 2.04 bits per heavy atom. The van der Waals surface area contributed by atoms with Crippen molar-refractivity contribution in [3.05, 3.63) is 40.3 Å². The number of nitrogens with two attached hydrogens (primary N) is 1. The Morgan fingerprint density at radius 1 is 1.26 bits per heavy atom. The van der Waals surface area contributed by atoms with Crippen LogP contribution >= 0.6 is 23.8 Å². The zero-order valence-corrected chi connectivity index (χ0v) is 15.2. The first kappa shape index (κ1) is 21.3. The molecular formula is C16H23ClN4OS. The third-order valence-corrected chi connectivity index (χ3v) is 3.75. The molecule has 5 nitrogen and oxygen atoms in total. The monoisotopic (exact) mass is 354 g/mol. The minimum Gasteiger partial charge on any atom is -0.763 e. The number of anilines is 1. The number of thiocarbonyl (C=S) groups is 1. The molecule has 4 N–H and O–H groups in total. The van der Waals surface area contributed by atoms with Gasteiger partial charge in [0.2, 0.25) is 0 Å². The highest BCUT2D eigenvalue weighted by Gasteiger charge is 2.08. The molecule has 0 aromatic heterocycles. The predicted octanol–water partition coefficient (Wildman–Crippen LogP) is 1.66. The second-order valence-corrected chi connectivity index (χ2v) is 5.47. The van der Waals surface area contributed by atoms with Crippen LogP contribution in [0, 0.1) is 0 Å². The van der Waals surface area contributed by atoms with E-state index in [2.05, 4.69) is 26.1 Å². The first-order chi connectivity index (χ1) is 10.9. The van der Waals surface area contributed by atoms with Crippen molar-refractivity contribution in [1.82, 2.24) is 0 Å². The molecule has 1 rings (SSSR count). The van der Waals surface area contributed by atoms with Crippen molar-refractivity contribution in [2.24, 2.45) is 5.73 Å². The quantitative estimate of drug-likeness (QED) is 0.413. The van der Waals surface area contributed by atoms with Gasteiger partial charge in [0.05, 0.1) is 25.2 Å². The van der Waals surface area contributed by atoms with E-state index in [0.717, 1.165) is 0 Å². The normalized spacial score (nSPS) is 9.43. The number of quaternary nitrogens is 1. The molecular weight excluding hydrogens is 332 g/mol. The van der Waals surface area contributed by atoms with Crippen molar-refractivity contribution >= 4 is 46.3 Å². The van der Waals surface area contributed by atoms with E-state index in [4.69, 9.17) is 35.0 Å². The van der Waals surface area contributed by atoms with Crippen LogP contribution in [0.15, 0.2) is 29.8 Å². The zero-order chi connectivity index (χ0) is 17.8. The molecule has 0 spiro atoms. The van der Waals surface area contributed by atoms with Gasteiger partial charge in [-0.05, 0) is 45.0 Å². The third kappa shape index (κ3) is 8.47. The highest BCUT2D eigenvalue weighted by atomic mass is 35.5. The average molecular weight is 355 g/mol. The molecule has 0 saturated carbocycles. The number of carbonyl (C=O) groups excluding carboxylic acids is 1. The van der Waals surface area contributed by atoms with E-state index in [1.165, 1.54) is 19.6 Å². The Morgan fingerprint density at radius 2 is 1.74 bits per heavy atom. The Kier molecular flexibility index (Phi) is 10.9. The van der Waals surface area contributed by atoms with E-state index >= 15 is 0 Å². The molecule has 0 radical (unpaired) electrons. The number of rotatable bonds is 6. The van der Waals surface area contributed by atoms with Crippen molar-refractivity contribution in [1.29, 1.82) is 0 Å². The van der Waals surface area contributed by atoms with Gasteiger partial charge in [0, 0.05) is 10.7 Å². The highest BCUT2D eigenvalue weighted by Crippen LogP contribution is 2.14. The van der Waals surface area contributed by atoms with E-state index in [9.17, 15) is 4.79 Å². The Hall–Kier alpha value is -1.72. The number of benzene rings is 1. The highest BCUT2D eigenvalue weighted by molar-refractivity contribution is 7.81. The summed E-state index contributed by atoms with van der Waals surface area (Å²) in [4.78, 5) is 12.5. The number of hydrogen-bond donors (Lipinski definition) is 3. The molecule has 0 heterocycles. The zero-order valence-electron chi connectivity index (χ0n) is 13.6. The largest absolute Gasteiger partial charge is 0.763 e. The van der Waals surface area contributed by atoms with Crippen LogP contribution in [0.2, 0.25) is 5.02 Å². The third-order valence-electron chi connectivity index (χ3n) is 3.19. The van der Waals surface area contributed by atoms with Crippen LogP contribution in [0.3, 0.4) is 0 Å². The lowest BCUT2D eigenvalue weighted by molar-refractivity contribution is -0.894. The van der Waals surface area contributed by atoms with Crippen molar-refractivity contribution in [2.75, 3.05) is 25.0 Å².